The topological polar surface area (TPSA) is 105 Å². The molecule has 2 amide bonds. The van der Waals surface area contributed by atoms with Crippen LogP contribution >= 0.6 is 0 Å². The molecule has 0 saturated heterocycles. The lowest BCUT2D eigenvalue weighted by Gasteiger charge is -2.33. The Morgan fingerprint density at radius 3 is 2.32 bits per heavy atom. The van der Waals surface area contributed by atoms with Gasteiger partial charge in [0.15, 0.2) is 11.5 Å². The molecule has 0 saturated carbocycles. The summed E-state index contributed by atoms with van der Waals surface area (Å²) < 4.78 is 36.9. The average Bonchev–Trinajstić information content (AvgIpc) is 3.21. The van der Waals surface area contributed by atoms with Crippen LogP contribution in [0.5, 0.6) is 11.5 Å². The van der Waals surface area contributed by atoms with Crippen molar-refractivity contribution in [2.24, 2.45) is 0 Å². The zero-order valence-electron chi connectivity index (χ0n) is 20.1. The highest BCUT2D eigenvalue weighted by Gasteiger charge is 2.31. The Morgan fingerprint density at radius 1 is 1.06 bits per heavy atom. The van der Waals surface area contributed by atoms with Crippen molar-refractivity contribution < 1.29 is 27.5 Å². The van der Waals surface area contributed by atoms with Crippen LogP contribution < -0.4 is 19.1 Å². The van der Waals surface area contributed by atoms with Crippen molar-refractivity contribution in [3.05, 3.63) is 54.1 Å². The van der Waals surface area contributed by atoms with E-state index in [-0.39, 0.29) is 24.9 Å². The fraction of sp³-hybridized carbons (Fsp3) is 0.417. The molecule has 1 N–H and O–H groups in total. The molecule has 0 fully saturated rings. The summed E-state index contributed by atoms with van der Waals surface area (Å²) in [6, 6.07) is 13.1. The van der Waals surface area contributed by atoms with Gasteiger partial charge in [-0.25, -0.2) is 8.42 Å². The van der Waals surface area contributed by atoms with Gasteiger partial charge in [-0.05, 0) is 45.4 Å². The quantitative estimate of drug-likeness (QED) is 0.611. The first-order valence-electron chi connectivity index (χ1n) is 10.9. The number of hydrogen-bond acceptors (Lipinski definition) is 6. The van der Waals surface area contributed by atoms with E-state index < -0.39 is 34.1 Å². The molecular formula is C24H31N3O6S. The van der Waals surface area contributed by atoms with Crippen LogP contribution in [0.3, 0.4) is 0 Å². The Labute approximate surface area is 200 Å². The van der Waals surface area contributed by atoms with Gasteiger partial charge in [-0.2, -0.15) is 0 Å². The van der Waals surface area contributed by atoms with E-state index in [9.17, 15) is 18.0 Å². The molecule has 0 bridgehead atoms. The smallest absolute Gasteiger partial charge is 0.244 e. The number of carbonyl (C=O) groups is 2. The zero-order valence-corrected chi connectivity index (χ0v) is 20.9. The van der Waals surface area contributed by atoms with E-state index >= 15 is 0 Å². The van der Waals surface area contributed by atoms with Crippen molar-refractivity contribution in [1.82, 2.24) is 10.2 Å². The summed E-state index contributed by atoms with van der Waals surface area (Å²) in [6.07, 6.45) is 1.03. The van der Waals surface area contributed by atoms with E-state index in [1.807, 2.05) is 51.1 Å². The molecule has 2 aromatic rings. The Bertz CT molecular complexity index is 1150. The third-order valence-electron chi connectivity index (χ3n) is 5.18. The van der Waals surface area contributed by atoms with Crippen molar-refractivity contribution in [3.63, 3.8) is 0 Å². The maximum absolute atomic E-state index is 13.5. The van der Waals surface area contributed by atoms with Crippen LogP contribution in [0, 0.1) is 0 Å². The number of benzene rings is 2. The first-order valence-corrected chi connectivity index (χ1v) is 12.7. The third-order valence-corrected chi connectivity index (χ3v) is 6.33. The standard InChI is InChI=1S/C24H31N3O6S/c1-17(23(29)25-24(2,3)4)26(14-18-9-7-6-8-10-18)22(28)15-27(34(5,30)31)19-11-12-20-21(13-19)33-16-32-20/h6-13,17H,14-16H2,1-5H3,(H,25,29)/t17-/m0/s1. The molecule has 0 aromatic heterocycles. The van der Waals surface area contributed by atoms with Gasteiger partial charge in [0.25, 0.3) is 0 Å². The molecule has 1 atom stereocenters. The summed E-state index contributed by atoms with van der Waals surface area (Å²) in [5.74, 6) is 0.0636. The number of sulfonamides is 1. The first kappa shape index (κ1) is 25.4. The fourth-order valence-corrected chi connectivity index (χ4v) is 4.33. The lowest BCUT2D eigenvalue weighted by Crippen LogP contribution is -2.54. The summed E-state index contributed by atoms with van der Waals surface area (Å²) in [5.41, 5.74) is 0.602. The molecule has 0 unspecified atom stereocenters. The van der Waals surface area contributed by atoms with Crippen molar-refractivity contribution >= 4 is 27.5 Å². The first-order chi connectivity index (χ1) is 15.8. The highest BCUT2D eigenvalue weighted by molar-refractivity contribution is 7.92. The molecule has 0 aliphatic carbocycles. The molecule has 184 valence electrons. The number of anilines is 1. The van der Waals surface area contributed by atoms with Crippen molar-refractivity contribution in [3.8, 4) is 11.5 Å². The lowest BCUT2D eigenvalue weighted by atomic mass is 10.1. The van der Waals surface area contributed by atoms with E-state index in [0.29, 0.717) is 11.5 Å². The van der Waals surface area contributed by atoms with Crippen LogP contribution in [0.25, 0.3) is 0 Å². The molecule has 9 nitrogen and oxygen atoms in total. The van der Waals surface area contributed by atoms with Crippen LogP contribution in [0.1, 0.15) is 33.3 Å². The molecule has 34 heavy (non-hydrogen) atoms. The molecule has 2 aromatic carbocycles. The fourth-order valence-electron chi connectivity index (χ4n) is 3.49. The van der Waals surface area contributed by atoms with Gasteiger partial charge in [0.2, 0.25) is 28.6 Å². The van der Waals surface area contributed by atoms with Crippen LogP contribution in [0.15, 0.2) is 48.5 Å². The maximum atomic E-state index is 13.5. The average molecular weight is 490 g/mol. The van der Waals surface area contributed by atoms with Crippen molar-refractivity contribution in [2.45, 2.75) is 45.8 Å². The van der Waals surface area contributed by atoms with Gasteiger partial charge in [-0.3, -0.25) is 13.9 Å². The molecule has 3 rings (SSSR count). The minimum atomic E-state index is -3.82. The van der Waals surface area contributed by atoms with E-state index in [0.717, 1.165) is 16.1 Å². The van der Waals surface area contributed by atoms with E-state index in [2.05, 4.69) is 5.32 Å². The third kappa shape index (κ3) is 6.40. The Hall–Kier alpha value is -3.27. The van der Waals surface area contributed by atoms with Crippen molar-refractivity contribution in [2.75, 3.05) is 23.9 Å². The number of hydrogen-bond donors (Lipinski definition) is 1. The van der Waals surface area contributed by atoms with Crippen LogP contribution in [-0.2, 0) is 26.2 Å². The van der Waals surface area contributed by atoms with E-state index in [1.54, 1.807) is 19.1 Å². The molecule has 1 aliphatic heterocycles. The number of rotatable bonds is 8. The lowest BCUT2D eigenvalue weighted by molar-refractivity contribution is -0.140. The number of nitrogens with one attached hydrogen (secondary N) is 1. The second-order valence-electron chi connectivity index (χ2n) is 9.23. The summed E-state index contributed by atoms with van der Waals surface area (Å²) in [6.45, 7) is 6.91. The molecule has 0 spiro atoms. The SMILES string of the molecule is C[C@@H](C(=O)NC(C)(C)C)N(Cc1ccccc1)C(=O)CN(c1ccc2c(c1)OCO2)S(C)(=O)=O. The summed E-state index contributed by atoms with van der Waals surface area (Å²) in [5, 5.41) is 2.89. The van der Waals surface area contributed by atoms with Gasteiger partial charge in [-0.15, -0.1) is 0 Å². The predicted octanol–water partition coefficient (Wildman–Crippen LogP) is 2.51. The highest BCUT2D eigenvalue weighted by atomic mass is 32.2. The number of ether oxygens (including phenoxy) is 2. The second kappa shape index (κ2) is 9.92. The Kier molecular flexibility index (Phi) is 7.40. The van der Waals surface area contributed by atoms with Crippen LogP contribution in [0.4, 0.5) is 5.69 Å². The Balaban J connectivity index is 1.90. The zero-order chi connectivity index (χ0) is 25.1. The van der Waals surface area contributed by atoms with Crippen LogP contribution in [0.2, 0.25) is 0 Å². The largest absolute Gasteiger partial charge is 0.454 e. The van der Waals surface area contributed by atoms with Gasteiger partial charge in [0, 0.05) is 18.2 Å². The monoisotopic (exact) mass is 489 g/mol. The minimum Gasteiger partial charge on any atom is -0.454 e. The minimum absolute atomic E-state index is 0.0435. The van der Waals surface area contributed by atoms with E-state index in [1.165, 1.54) is 11.0 Å². The number of carbonyl (C=O) groups excluding carboxylic acids is 2. The molecule has 0 radical (unpaired) electrons. The number of nitrogens with zero attached hydrogens (tertiary/aromatic N) is 2. The Morgan fingerprint density at radius 2 is 1.71 bits per heavy atom. The molecule has 1 aliphatic rings. The summed E-state index contributed by atoms with van der Waals surface area (Å²) in [4.78, 5) is 27.8. The van der Waals surface area contributed by atoms with Gasteiger partial charge in [-0.1, -0.05) is 30.3 Å². The second-order valence-corrected chi connectivity index (χ2v) is 11.1. The summed E-state index contributed by atoms with van der Waals surface area (Å²) >= 11 is 0. The predicted molar refractivity (Wildman–Crippen MR) is 129 cm³/mol. The van der Waals surface area contributed by atoms with Gasteiger partial charge in [0.05, 0.1) is 11.9 Å². The number of amides is 2. The van der Waals surface area contributed by atoms with Gasteiger partial charge >= 0.3 is 0 Å². The maximum Gasteiger partial charge on any atom is 0.244 e. The van der Waals surface area contributed by atoms with Gasteiger partial charge in [0.1, 0.15) is 12.6 Å². The highest BCUT2D eigenvalue weighted by Crippen LogP contribution is 2.36. The van der Waals surface area contributed by atoms with E-state index in [4.69, 9.17) is 9.47 Å². The van der Waals surface area contributed by atoms with Crippen molar-refractivity contribution in [1.29, 1.82) is 0 Å². The molecular weight excluding hydrogens is 458 g/mol. The molecule has 10 heteroatoms. The normalized spacial score (nSPS) is 13.8. The van der Waals surface area contributed by atoms with Gasteiger partial charge < -0.3 is 19.7 Å². The molecule has 1 heterocycles. The summed E-state index contributed by atoms with van der Waals surface area (Å²) in [7, 11) is -3.82. The van der Waals surface area contributed by atoms with Crippen LogP contribution in [-0.4, -0.2) is 56.3 Å². The number of fused-ring (bicyclic) bond motifs is 1.